The molecule has 0 aliphatic carbocycles. The third-order valence-corrected chi connectivity index (χ3v) is 5.25. The van der Waals surface area contributed by atoms with Gasteiger partial charge >= 0.3 is 0 Å². The van der Waals surface area contributed by atoms with Crippen molar-refractivity contribution in [2.45, 2.75) is 34.1 Å². The SMILES string of the molecule is CCCOc1ccc(C(=O)N/N=C/c2cc(C)n(-c3ccc(C)c(Cl)c3)c2C)cc1. The zero-order chi connectivity index (χ0) is 21.7. The first-order chi connectivity index (χ1) is 14.4. The molecule has 0 fully saturated rings. The van der Waals surface area contributed by atoms with Gasteiger partial charge in [0.1, 0.15) is 5.75 Å². The fraction of sp³-hybridized carbons (Fsp3) is 0.250. The Morgan fingerprint density at radius 1 is 1.13 bits per heavy atom. The Hall–Kier alpha value is -3.05. The molecule has 0 aliphatic heterocycles. The van der Waals surface area contributed by atoms with Crippen LogP contribution in [0.3, 0.4) is 0 Å². The normalized spacial score (nSPS) is 11.1. The quantitative estimate of drug-likeness (QED) is 0.396. The van der Waals surface area contributed by atoms with Crippen LogP contribution < -0.4 is 10.2 Å². The number of amides is 1. The lowest BCUT2D eigenvalue weighted by Crippen LogP contribution is -2.17. The monoisotopic (exact) mass is 423 g/mol. The number of halogens is 1. The molecule has 1 N–H and O–H groups in total. The van der Waals surface area contributed by atoms with Crippen LogP contribution >= 0.6 is 11.6 Å². The number of benzene rings is 2. The smallest absolute Gasteiger partial charge is 0.271 e. The summed E-state index contributed by atoms with van der Waals surface area (Å²) in [5.41, 5.74) is 8.14. The van der Waals surface area contributed by atoms with Gasteiger partial charge in [-0.3, -0.25) is 4.79 Å². The lowest BCUT2D eigenvalue weighted by atomic mass is 10.2. The molecule has 0 saturated heterocycles. The highest BCUT2D eigenvalue weighted by Crippen LogP contribution is 2.24. The summed E-state index contributed by atoms with van der Waals surface area (Å²) in [7, 11) is 0. The van der Waals surface area contributed by atoms with Crippen molar-refractivity contribution < 1.29 is 9.53 Å². The van der Waals surface area contributed by atoms with E-state index in [-0.39, 0.29) is 5.91 Å². The van der Waals surface area contributed by atoms with Gasteiger partial charge in [0, 0.05) is 33.2 Å². The molecule has 0 bridgehead atoms. The summed E-state index contributed by atoms with van der Waals surface area (Å²) in [5, 5.41) is 4.87. The van der Waals surface area contributed by atoms with E-state index in [0.29, 0.717) is 12.2 Å². The molecule has 0 aliphatic rings. The van der Waals surface area contributed by atoms with Crippen molar-refractivity contribution in [1.82, 2.24) is 9.99 Å². The molecule has 0 unspecified atom stereocenters. The van der Waals surface area contributed by atoms with Gasteiger partial charge in [-0.1, -0.05) is 24.6 Å². The average molecular weight is 424 g/mol. The number of carbonyl (C=O) groups excluding carboxylic acids is 1. The third kappa shape index (κ3) is 4.92. The molecule has 3 rings (SSSR count). The van der Waals surface area contributed by atoms with Crippen molar-refractivity contribution in [3.8, 4) is 11.4 Å². The number of rotatable bonds is 7. The van der Waals surface area contributed by atoms with Gasteiger partial charge in [-0.15, -0.1) is 0 Å². The second kappa shape index (κ2) is 9.63. The number of aryl methyl sites for hydroxylation is 2. The summed E-state index contributed by atoms with van der Waals surface area (Å²) in [5.74, 6) is 0.480. The van der Waals surface area contributed by atoms with Gasteiger partial charge in [0.25, 0.3) is 5.91 Å². The highest BCUT2D eigenvalue weighted by atomic mass is 35.5. The summed E-state index contributed by atoms with van der Waals surface area (Å²) in [6.45, 7) is 8.72. The number of nitrogens with one attached hydrogen (secondary N) is 1. The Labute approximate surface area is 182 Å². The van der Waals surface area contributed by atoms with E-state index in [1.807, 2.05) is 52.0 Å². The Balaban J connectivity index is 1.70. The highest BCUT2D eigenvalue weighted by molar-refractivity contribution is 6.31. The van der Waals surface area contributed by atoms with Crippen LogP contribution in [0.15, 0.2) is 53.6 Å². The predicted octanol–water partition coefficient (Wildman–Crippen LogP) is 5.61. The second-order valence-electron chi connectivity index (χ2n) is 7.17. The van der Waals surface area contributed by atoms with Crippen molar-refractivity contribution in [3.05, 3.63) is 81.6 Å². The fourth-order valence-electron chi connectivity index (χ4n) is 3.18. The maximum atomic E-state index is 12.3. The van der Waals surface area contributed by atoms with Gasteiger partial charge in [-0.05, 0) is 75.2 Å². The molecular formula is C24H26ClN3O2. The molecule has 1 heterocycles. The van der Waals surface area contributed by atoms with Crippen LogP contribution in [0.25, 0.3) is 5.69 Å². The summed E-state index contributed by atoms with van der Waals surface area (Å²) < 4.78 is 7.65. The molecule has 1 amide bonds. The van der Waals surface area contributed by atoms with Crippen LogP contribution in [-0.4, -0.2) is 23.3 Å². The number of carbonyl (C=O) groups is 1. The zero-order valence-electron chi connectivity index (χ0n) is 17.7. The van der Waals surface area contributed by atoms with Crippen LogP contribution in [0.4, 0.5) is 0 Å². The van der Waals surface area contributed by atoms with E-state index < -0.39 is 0 Å². The van der Waals surface area contributed by atoms with Crippen molar-refractivity contribution in [3.63, 3.8) is 0 Å². The average Bonchev–Trinajstić information content (AvgIpc) is 3.02. The van der Waals surface area contributed by atoms with E-state index in [1.54, 1.807) is 30.5 Å². The van der Waals surface area contributed by atoms with Gasteiger partial charge in [0.15, 0.2) is 0 Å². The molecule has 0 radical (unpaired) electrons. The number of ether oxygens (including phenoxy) is 1. The van der Waals surface area contributed by atoms with Crippen LogP contribution in [0.5, 0.6) is 5.75 Å². The van der Waals surface area contributed by atoms with Crippen molar-refractivity contribution in [2.75, 3.05) is 6.61 Å². The van der Waals surface area contributed by atoms with E-state index in [2.05, 4.69) is 15.1 Å². The Kier molecular flexibility index (Phi) is 6.95. The first kappa shape index (κ1) is 21.7. The number of hydrogen-bond donors (Lipinski definition) is 1. The third-order valence-electron chi connectivity index (χ3n) is 4.84. The largest absolute Gasteiger partial charge is 0.494 e. The first-order valence-electron chi connectivity index (χ1n) is 9.92. The highest BCUT2D eigenvalue weighted by Gasteiger charge is 2.11. The molecule has 6 heteroatoms. The number of hydrazone groups is 1. The number of aromatic nitrogens is 1. The molecule has 30 heavy (non-hydrogen) atoms. The summed E-state index contributed by atoms with van der Waals surface area (Å²) in [4.78, 5) is 12.3. The van der Waals surface area contributed by atoms with Crippen molar-refractivity contribution in [2.24, 2.45) is 5.10 Å². The van der Waals surface area contributed by atoms with E-state index >= 15 is 0 Å². The minimum absolute atomic E-state index is 0.271. The van der Waals surface area contributed by atoms with Crippen molar-refractivity contribution in [1.29, 1.82) is 0 Å². The van der Waals surface area contributed by atoms with E-state index in [1.165, 1.54) is 0 Å². The Morgan fingerprint density at radius 2 is 1.87 bits per heavy atom. The molecule has 5 nitrogen and oxygen atoms in total. The lowest BCUT2D eigenvalue weighted by Gasteiger charge is -2.11. The molecular weight excluding hydrogens is 398 g/mol. The van der Waals surface area contributed by atoms with Gasteiger partial charge in [0.05, 0.1) is 12.8 Å². The van der Waals surface area contributed by atoms with Crippen LogP contribution in [0.2, 0.25) is 5.02 Å². The summed E-state index contributed by atoms with van der Waals surface area (Å²) in [6.07, 6.45) is 2.60. The van der Waals surface area contributed by atoms with Crippen molar-refractivity contribution >= 4 is 23.7 Å². The van der Waals surface area contributed by atoms with Gasteiger partial charge in [-0.25, -0.2) is 5.43 Å². The fourth-order valence-corrected chi connectivity index (χ4v) is 3.36. The van der Waals surface area contributed by atoms with Gasteiger partial charge in [0.2, 0.25) is 0 Å². The van der Waals surface area contributed by atoms with E-state index in [9.17, 15) is 4.79 Å². The molecule has 3 aromatic rings. The maximum absolute atomic E-state index is 12.3. The number of nitrogens with zero attached hydrogens (tertiary/aromatic N) is 2. The second-order valence-corrected chi connectivity index (χ2v) is 7.57. The Bertz CT molecular complexity index is 1070. The van der Waals surface area contributed by atoms with Gasteiger partial charge < -0.3 is 9.30 Å². The first-order valence-corrected chi connectivity index (χ1v) is 10.3. The molecule has 1 aromatic heterocycles. The lowest BCUT2D eigenvalue weighted by molar-refractivity contribution is 0.0955. The predicted molar refractivity (Wildman–Crippen MR) is 122 cm³/mol. The molecule has 0 spiro atoms. The zero-order valence-corrected chi connectivity index (χ0v) is 18.5. The minimum atomic E-state index is -0.271. The van der Waals surface area contributed by atoms with Crippen LogP contribution in [0, 0.1) is 20.8 Å². The van der Waals surface area contributed by atoms with E-state index in [0.717, 1.165) is 45.4 Å². The minimum Gasteiger partial charge on any atom is -0.494 e. The Morgan fingerprint density at radius 3 is 2.53 bits per heavy atom. The number of hydrogen-bond acceptors (Lipinski definition) is 3. The topological polar surface area (TPSA) is 55.6 Å². The summed E-state index contributed by atoms with van der Waals surface area (Å²) >= 11 is 6.29. The summed E-state index contributed by atoms with van der Waals surface area (Å²) in [6, 6.07) is 15.0. The van der Waals surface area contributed by atoms with Crippen LogP contribution in [-0.2, 0) is 0 Å². The maximum Gasteiger partial charge on any atom is 0.271 e. The van der Waals surface area contributed by atoms with Crippen LogP contribution in [0.1, 0.15) is 46.2 Å². The molecule has 156 valence electrons. The van der Waals surface area contributed by atoms with Gasteiger partial charge in [-0.2, -0.15) is 5.10 Å². The molecule has 0 atom stereocenters. The standard InChI is InChI=1S/C24H26ClN3O2/c1-5-12-30-22-10-7-19(8-11-22)24(29)27-26-15-20-13-17(3)28(18(20)4)21-9-6-16(2)23(25)14-21/h6-11,13-15H,5,12H2,1-4H3,(H,27,29)/b26-15+. The molecule has 2 aromatic carbocycles. The van der Waals surface area contributed by atoms with E-state index in [4.69, 9.17) is 16.3 Å². The molecule has 0 saturated carbocycles.